The first kappa shape index (κ1) is 34.8. The number of rotatable bonds is 4. The summed E-state index contributed by atoms with van der Waals surface area (Å²) in [6.45, 7) is 6.90. The predicted molar refractivity (Wildman–Crippen MR) is 168 cm³/mol. The lowest BCUT2D eigenvalue weighted by Crippen LogP contribution is -2.49. The molecule has 0 saturated carbocycles. The molecule has 0 bridgehead atoms. The van der Waals surface area contributed by atoms with Gasteiger partial charge in [0.15, 0.2) is 34.9 Å². The number of benzene rings is 3. The van der Waals surface area contributed by atoms with Crippen molar-refractivity contribution in [2.75, 3.05) is 26.2 Å². The highest BCUT2D eigenvalue weighted by atomic mass is 35.5. The Balaban J connectivity index is 0.000000191. The summed E-state index contributed by atoms with van der Waals surface area (Å²) in [4.78, 5) is 2.16. The molecular formula is C35H35ClF6N2O3. The average molecular weight is 681 g/mol. The molecule has 12 heteroatoms. The van der Waals surface area contributed by atoms with E-state index in [9.17, 15) is 31.4 Å². The molecule has 47 heavy (non-hydrogen) atoms. The summed E-state index contributed by atoms with van der Waals surface area (Å²) >= 11 is 0. The summed E-state index contributed by atoms with van der Waals surface area (Å²) in [5.41, 5.74) is -0.599. The zero-order valence-corrected chi connectivity index (χ0v) is 26.6. The molecule has 7 rings (SSSR count). The van der Waals surface area contributed by atoms with Gasteiger partial charge in [0.2, 0.25) is 0 Å². The minimum Gasteiger partial charge on any atom is -0.464 e. The van der Waals surface area contributed by atoms with Crippen LogP contribution in [-0.2, 0) is 12.1 Å². The highest BCUT2D eigenvalue weighted by molar-refractivity contribution is 5.85. The van der Waals surface area contributed by atoms with Gasteiger partial charge in [-0.15, -0.1) is 12.4 Å². The third-order valence-electron chi connectivity index (χ3n) is 9.50. The van der Waals surface area contributed by atoms with Crippen LogP contribution in [0.25, 0.3) is 21.9 Å². The second kappa shape index (κ2) is 13.9. The molecule has 4 atom stereocenters. The SMILES string of the molecule is CC1CN(Cc2ccccc2)CCC1(O)c1c(F)c(F)c(F)c2ccoc12.CC1CNCCC1c1c(F)c(F)c(F)c2ccoc12.Cl. The van der Waals surface area contributed by atoms with Gasteiger partial charge >= 0.3 is 0 Å². The van der Waals surface area contributed by atoms with Gasteiger partial charge in [-0.1, -0.05) is 44.2 Å². The van der Waals surface area contributed by atoms with Crippen LogP contribution in [0.15, 0.2) is 63.8 Å². The molecule has 252 valence electrons. The van der Waals surface area contributed by atoms with Gasteiger partial charge in [-0.25, -0.2) is 26.3 Å². The van der Waals surface area contributed by atoms with Gasteiger partial charge in [-0.3, -0.25) is 4.90 Å². The maximum Gasteiger partial charge on any atom is 0.195 e. The molecule has 5 aromatic rings. The van der Waals surface area contributed by atoms with E-state index in [4.69, 9.17) is 8.83 Å². The number of halogens is 7. The van der Waals surface area contributed by atoms with Crippen LogP contribution in [0.3, 0.4) is 0 Å². The van der Waals surface area contributed by atoms with Crippen molar-refractivity contribution < 1.29 is 40.3 Å². The summed E-state index contributed by atoms with van der Waals surface area (Å²) in [7, 11) is 0. The Morgan fingerprint density at radius 2 is 1.45 bits per heavy atom. The molecule has 2 aliphatic rings. The monoisotopic (exact) mass is 680 g/mol. The molecular weight excluding hydrogens is 646 g/mol. The van der Waals surface area contributed by atoms with Gasteiger partial charge in [0.05, 0.1) is 28.9 Å². The third kappa shape index (κ3) is 6.26. The van der Waals surface area contributed by atoms with Crippen molar-refractivity contribution in [3.8, 4) is 0 Å². The molecule has 4 unspecified atom stereocenters. The number of fused-ring (bicyclic) bond motifs is 2. The fourth-order valence-corrected chi connectivity index (χ4v) is 6.94. The first-order valence-corrected chi connectivity index (χ1v) is 15.3. The van der Waals surface area contributed by atoms with E-state index in [1.165, 1.54) is 24.7 Å². The number of hydrogen-bond acceptors (Lipinski definition) is 5. The first-order valence-electron chi connectivity index (χ1n) is 15.3. The van der Waals surface area contributed by atoms with E-state index in [0.29, 0.717) is 26.1 Å². The Hall–Kier alpha value is -3.51. The molecule has 2 saturated heterocycles. The maximum absolute atomic E-state index is 14.7. The molecule has 2 aromatic heterocycles. The number of hydrogen-bond donors (Lipinski definition) is 2. The Kier molecular flexibility index (Phi) is 10.3. The fraction of sp³-hybridized carbons (Fsp3) is 0.371. The van der Waals surface area contributed by atoms with E-state index >= 15 is 0 Å². The van der Waals surface area contributed by atoms with Crippen LogP contribution < -0.4 is 5.32 Å². The molecule has 2 N–H and O–H groups in total. The van der Waals surface area contributed by atoms with Crippen molar-refractivity contribution in [2.45, 2.75) is 44.8 Å². The van der Waals surface area contributed by atoms with Gasteiger partial charge < -0.3 is 19.3 Å². The molecule has 2 aliphatic heterocycles. The fourth-order valence-electron chi connectivity index (χ4n) is 6.94. The lowest BCUT2D eigenvalue weighted by molar-refractivity contribution is -0.0748. The van der Waals surface area contributed by atoms with Crippen LogP contribution in [0, 0.1) is 46.7 Å². The normalized spacial score (nSPS) is 23.4. The second-order valence-electron chi connectivity index (χ2n) is 12.4. The molecule has 0 amide bonds. The van der Waals surface area contributed by atoms with Crippen LogP contribution in [0.5, 0.6) is 0 Å². The van der Waals surface area contributed by atoms with E-state index in [0.717, 1.165) is 18.7 Å². The van der Waals surface area contributed by atoms with Crippen molar-refractivity contribution in [1.29, 1.82) is 0 Å². The van der Waals surface area contributed by atoms with E-state index in [1.807, 2.05) is 37.3 Å². The molecule has 0 aliphatic carbocycles. The van der Waals surface area contributed by atoms with Crippen molar-refractivity contribution in [3.05, 3.63) is 107 Å². The molecule has 5 nitrogen and oxygen atoms in total. The third-order valence-corrected chi connectivity index (χ3v) is 9.50. The Labute approximate surface area is 273 Å². The van der Waals surface area contributed by atoms with Crippen LogP contribution in [0.4, 0.5) is 26.3 Å². The van der Waals surface area contributed by atoms with E-state index in [2.05, 4.69) is 10.2 Å². The lowest BCUT2D eigenvalue weighted by atomic mass is 9.76. The molecule has 4 heterocycles. The minimum atomic E-state index is -1.64. The molecule has 0 radical (unpaired) electrons. The minimum absolute atomic E-state index is 0. The molecule has 0 spiro atoms. The second-order valence-corrected chi connectivity index (χ2v) is 12.4. The highest BCUT2D eigenvalue weighted by Crippen LogP contribution is 2.44. The van der Waals surface area contributed by atoms with Crippen molar-refractivity contribution in [2.24, 2.45) is 11.8 Å². The number of piperidine rings is 2. The summed E-state index contributed by atoms with van der Waals surface area (Å²) in [5.74, 6) is -8.36. The van der Waals surface area contributed by atoms with Gasteiger partial charge in [0.25, 0.3) is 0 Å². The number of likely N-dealkylation sites (tertiary alicyclic amines) is 1. The number of aliphatic hydroxyl groups is 1. The Morgan fingerprint density at radius 1 is 0.830 bits per heavy atom. The topological polar surface area (TPSA) is 61.8 Å². The van der Waals surface area contributed by atoms with Crippen molar-refractivity contribution in [1.82, 2.24) is 10.2 Å². The van der Waals surface area contributed by atoms with Gasteiger partial charge in [0.1, 0.15) is 16.8 Å². The van der Waals surface area contributed by atoms with Gasteiger partial charge in [-0.2, -0.15) is 0 Å². The number of nitrogens with zero attached hydrogens (tertiary/aromatic N) is 1. The molecule has 2 fully saturated rings. The van der Waals surface area contributed by atoms with E-state index in [1.54, 1.807) is 6.92 Å². The number of furan rings is 2. The number of nitrogens with one attached hydrogen (secondary N) is 1. The smallest absolute Gasteiger partial charge is 0.195 e. The van der Waals surface area contributed by atoms with Crippen LogP contribution in [0.1, 0.15) is 49.3 Å². The van der Waals surface area contributed by atoms with Crippen LogP contribution in [-0.4, -0.2) is 36.2 Å². The van der Waals surface area contributed by atoms with Gasteiger partial charge in [-0.05, 0) is 55.5 Å². The van der Waals surface area contributed by atoms with E-state index in [-0.39, 0.29) is 63.7 Å². The zero-order valence-electron chi connectivity index (χ0n) is 25.8. The highest BCUT2D eigenvalue weighted by Gasteiger charge is 2.45. The lowest BCUT2D eigenvalue weighted by Gasteiger charge is -2.43. The standard InChI is InChI=1S/C21H20F3NO2.C14H14F3NO.ClH/c1-13-11-25(12-14-5-3-2-4-6-14)9-8-21(13,26)16-18(23)19(24)17(22)15-7-10-27-20(15)16;1-7-6-18-4-2-8(7)10-12(16)13(17)11(15)9-3-5-19-14(9)10;/h2-7,10,13,26H,8-9,11-12H2,1H3;3,5,7-8,18H,2,4,6H2,1H3;1H. The summed E-state index contributed by atoms with van der Waals surface area (Å²) in [5, 5.41) is 14.3. The first-order chi connectivity index (χ1) is 22.0. The predicted octanol–water partition coefficient (Wildman–Crippen LogP) is 8.56. The van der Waals surface area contributed by atoms with Crippen LogP contribution in [0.2, 0.25) is 0 Å². The van der Waals surface area contributed by atoms with Crippen LogP contribution >= 0.6 is 12.4 Å². The summed E-state index contributed by atoms with van der Waals surface area (Å²) in [6, 6.07) is 12.5. The largest absolute Gasteiger partial charge is 0.464 e. The maximum atomic E-state index is 14.7. The quantitative estimate of drug-likeness (QED) is 0.147. The Bertz CT molecular complexity index is 1870. The van der Waals surface area contributed by atoms with Gasteiger partial charge in [0, 0.05) is 31.1 Å². The van der Waals surface area contributed by atoms with Crippen molar-refractivity contribution >= 4 is 34.3 Å². The Morgan fingerprint density at radius 3 is 2.09 bits per heavy atom. The average Bonchev–Trinajstić information content (AvgIpc) is 3.74. The van der Waals surface area contributed by atoms with E-state index < -0.39 is 46.4 Å². The summed E-state index contributed by atoms with van der Waals surface area (Å²) in [6.07, 6.45) is 3.31. The zero-order chi connectivity index (χ0) is 32.7. The summed E-state index contributed by atoms with van der Waals surface area (Å²) < 4.78 is 94.7. The van der Waals surface area contributed by atoms with Crippen molar-refractivity contribution in [3.63, 3.8) is 0 Å². The molecule has 3 aromatic carbocycles.